The monoisotopic (exact) mass is 279 g/mol. The second-order valence-electron chi connectivity index (χ2n) is 4.24. The Labute approximate surface area is 104 Å². The summed E-state index contributed by atoms with van der Waals surface area (Å²) in [6.45, 7) is 4.68. The van der Waals surface area contributed by atoms with E-state index in [4.69, 9.17) is 4.74 Å². The lowest BCUT2D eigenvalue weighted by molar-refractivity contribution is 0.158. The third-order valence-corrected chi connectivity index (χ3v) is 3.63. The lowest BCUT2D eigenvalue weighted by atomic mass is 10.1. The van der Waals surface area contributed by atoms with Gasteiger partial charge < -0.3 is 4.74 Å². The zero-order valence-electron chi connectivity index (χ0n) is 9.40. The van der Waals surface area contributed by atoms with Crippen molar-refractivity contribution in [2.24, 2.45) is 4.99 Å². The van der Waals surface area contributed by atoms with Gasteiger partial charge in [0.2, 0.25) is 5.90 Å². The van der Waals surface area contributed by atoms with Crippen LogP contribution in [-0.4, -0.2) is 11.5 Å². The molecule has 0 saturated heterocycles. The van der Waals surface area contributed by atoms with E-state index in [2.05, 4.69) is 33.1 Å². The molecular formula is C13H14BrNO. The lowest BCUT2D eigenvalue weighted by Crippen LogP contribution is -2.20. The Hall–Kier alpha value is -1.09. The van der Waals surface area contributed by atoms with Gasteiger partial charge in [-0.25, -0.2) is 4.99 Å². The minimum Gasteiger partial charge on any atom is -0.466 e. The van der Waals surface area contributed by atoms with Crippen LogP contribution >= 0.6 is 15.9 Å². The number of halogens is 1. The third kappa shape index (κ3) is 2.53. The van der Waals surface area contributed by atoms with Crippen molar-refractivity contribution in [3.8, 4) is 0 Å². The van der Waals surface area contributed by atoms with Gasteiger partial charge in [0, 0.05) is 10.6 Å². The molecule has 0 bridgehead atoms. The standard InChI is InChI=1S/C13H14BrNO/c1-13(2)11(14)8-12(16-13)15-9-10-6-4-3-5-7-10/h3-8H,9H2,1-2H3. The molecule has 1 aromatic rings. The lowest BCUT2D eigenvalue weighted by Gasteiger charge is -2.18. The molecule has 0 radical (unpaired) electrons. The van der Waals surface area contributed by atoms with Crippen molar-refractivity contribution in [1.29, 1.82) is 0 Å². The molecule has 3 heteroatoms. The smallest absolute Gasteiger partial charge is 0.210 e. The summed E-state index contributed by atoms with van der Waals surface area (Å²) in [5.41, 5.74) is 0.906. The van der Waals surface area contributed by atoms with E-state index >= 15 is 0 Å². The zero-order chi connectivity index (χ0) is 11.6. The predicted molar refractivity (Wildman–Crippen MR) is 69.8 cm³/mol. The molecule has 16 heavy (non-hydrogen) atoms. The molecule has 0 fully saturated rings. The van der Waals surface area contributed by atoms with Crippen LogP contribution < -0.4 is 0 Å². The minimum atomic E-state index is -0.282. The Morgan fingerprint density at radius 1 is 1.25 bits per heavy atom. The molecule has 1 heterocycles. The van der Waals surface area contributed by atoms with Crippen molar-refractivity contribution in [2.75, 3.05) is 0 Å². The first-order valence-electron chi connectivity index (χ1n) is 5.23. The third-order valence-electron chi connectivity index (χ3n) is 2.45. The van der Waals surface area contributed by atoms with E-state index in [-0.39, 0.29) is 5.60 Å². The van der Waals surface area contributed by atoms with E-state index < -0.39 is 0 Å². The van der Waals surface area contributed by atoms with Crippen LogP contribution in [0.3, 0.4) is 0 Å². The first kappa shape index (κ1) is 11.4. The van der Waals surface area contributed by atoms with Gasteiger partial charge in [-0.2, -0.15) is 0 Å². The summed E-state index contributed by atoms with van der Waals surface area (Å²) in [5, 5.41) is 0. The molecule has 2 nitrogen and oxygen atoms in total. The van der Waals surface area contributed by atoms with Crippen LogP contribution in [-0.2, 0) is 11.3 Å². The van der Waals surface area contributed by atoms with Gasteiger partial charge in [0.25, 0.3) is 0 Å². The molecule has 1 aliphatic rings. The Balaban J connectivity index is 2.06. The van der Waals surface area contributed by atoms with E-state index in [1.54, 1.807) is 0 Å². The van der Waals surface area contributed by atoms with Crippen molar-refractivity contribution < 1.29 is 4.74 Å². The summed E-state index contributed by atoms with van der Waals surface area (Å²) in [6.07, 6.45) is 1.93. The van der Waals surface area contributed by atoms with E-state index in [0.717, 1.165) is 4.48 Å². The van der Waals surface area contributed by atoms with Crippen LogP contribution in [0.1, 0.15) is 19.4 Å². The number of aliphatic imine (C=N–C) groups is 1. The highest BCUT2D eigenvalue weighted by atomic mass is 79.9. The highest BCUT2D eigenvalue weighted by Gasteiger charge is 2.30. The molecule has 0 atom stereocenters. The molecule has 0 spiro atoms. The molecule has 0 N–H and O–H groups in total. The molecule has 0 aromatic heterocycles. The second kappa shape index (κ2) is 4.42. The summed E-state index contributed by atoms with van der Waals surface area (Å²) in [5.74, 6) is 0.695. The van der Waals surface area contributed by atoms with Crippen molar-refractivity contribution in [1.82, 2.24) is 0 Å². The first-order chi connectivity index (χ1) is 7.58. The molecule has 0 aliphatic carbocycles. The molecule has 2 rings (SSSR count). The molecule has 0 unspecified atom stereocenters. The van der Waals surface area contributed by atoms with Crippen LogP contribution in [0, 0.1) is 0 Å². The fourth-order valence-corrected chi connectivity index (χ4v) is 1.73. The minimum absolute atomic E-state index is 0.282. The van der Waals surface area contributed by atoms with Crippen molar-refractivity contribution >= 4 is 21.8 Å². The van der Waals surface area contributed by atoms with Gasteiger partial charge in [-0.05, 0) is 19.4 Å². The van der Waals surface area contributed by atoms with E-state index in [9.17, 15) is 0 Å². The second-order valence-corrected chi connectivity index (χ2v) is 5.10. The number of hydrogen-bond donors (Lipinski definition) is 0. The van der Waals surface area contributed by atoms with Gasteiger partial charge in [0.1, 0.15) is 5.60 Å². The number of hydrogen-bond acceptors (Lipinski definition) is 2. The van der Waals surface area contributed by atoms with Crippen molar-refractivity contribution in [3.05, 3.63) is 46.5 Å². The zero-order valence-corrected chi connectivity index (χ0v) is 11.0. The summed E-state index contributed by atoms with van der Waals surface area (Å²) in [4.78, 5) is 4.43. The summed E-state index contributed by atoms with van der Waals surface area (Å²) < 4.78 is 6.73. The van der Waals surface area contributed by atoms with Crippen molar-refractivity contribution in [2.45, 2.75) is 26.0 Å². The van der Waals surface area contributed by atoms with Gasteiger partial charge >= 0.3 is 0 Å². The average Bonchev–Trinajstić information content (AvgIpc) is 2.52. The highest BCUT2D eigenvalue weighted by molar-refractivity contribution is 9.11. The normalized spacial score (nSPS) is 20.7. The molecule has 0 saturated carbocycles. The fraction of sp³-hybridized carbons (Fsp3) is 0.308. The highest BCUT2D eigenvalue weighted by Crippen LogP contribution is 2.32. The van der Waals surface area contributed by atoms with Gasteiger partial charge in [0.15, 0.2) is 0 Å². The van der Waals surface area contributed by atoms with Crippen LogP contribution in [0.2, 0.25) is 0 Å². The molecule has 0 amide bonds. The Kier molecular flexibility index (Phi) is 3.15. The number of ether oxygens (including phenoxy) is 1. The number of rotatable bonds is 2. The molecule has 1 aliphatic heterocycles. The maximum absolute atomic E-state index is 5.69. The average molecular weight is 280 g/mol. The Morgan fingerprint density at radius 2 is 1.94 bits per heavy atom. The maximum Gasteiger partial charge on any atom is 0.210 e. The van der Waals surface area contributed by atoms with Gasteiger partial charge in [-0.1, -0.05) is 46.3 Å². The Bertz CT molecular complexity index is 435. The number of nitrogens with zero attached hydrogens (tertiary/aromatic N) is 1. The summed E-state index contributed by atoms with van der Waals surface area (Å²) in [7, 11) is 0. The van der Waals surface area contributed by atoms with Crippen molar-refractivity contribution in [3.63, 3.8) is 0 Å². The van der Waals surface area contributed by atoms with Crippen LogP contribution in [0.15, 0.2) is 45.9 Å². The largest absolute Gasteiger partial charge is 0.466 e. The van der Waals surface area contributed by atoms with Gasteiger partial charge in [-0.3, -0.25) is 0 Å². The summed E-state index contributed by atoms with van der Waals surface area (Å²) in [6, 6.07) is 10.1. The first-order valence-corrected chi connectivity index (χ1v) is 6.02. The SMILES string of the molecule is CC1(C)OC(=NCc2ccccc2)C=C1Br. The molecule has 1 aromatic carbocycles. The van der Waals surface area contributed by atoms with Crippen LogP contribution in [0.25, 0.3) is 0 Å². The maximum atomic E-state index is 5.69. The van der Waals surface area contributed by atoms with Crippen LogP contribution in [0.4, 0.5) is 0 Å². The van der Waals surface area contributed by atoms with E-state index in [0.29, 0.717) is 12.4 Å². The number of benzene rings is 1. The summed E-state index contributed by atoms with van der Waals surface area (Å²) >= 11 is 3.48. The fourth-order valence-electron chi connectivity index (χ4n) is 1.45. The molecular weight excluding hydrogens is 266 g/mol. The van der Waals surface area contributed by atoms with E-state index in [1.807, 2.05) is 38.1 Å². The quantitative estimate of drug-likeness (QED) is 0.810. The topological polar surface area (TPSA) is 21.6 Å². The molecule has 84 valence electrons. The van der Waals surface area contributed by atoms with Gasteiger partial charge in [0.05, 0.1) is 6.54 Å². The predicted octanol–water partition coefficient (Wildman–Crippen LogP) is 3.67. The van der Waals surface area contributed by atoms with Crippen LogP contribution in [0.5, 0.6) is 0 Å². The van der Waals surface area contributed by atoms with Gasteiger partial charge in [-0.15, -0.1) is 0 Å². The van der Waals surface area contributed by atoms with E-state index in [1.165, 1.54) is 5.56 Å². The Morgan fingerprint density at radius 3 is 2.50 bits per heavy atom.